The van der Waals surface area contributed by atoms with Gasteiger partial charge in [0.2, 0.25) is 5.88 Å². The fraction of sp³-hybridized carbons (Fsp3) is 0.294. The molecule has 2 rings (SSSR count). The van der Waals surface area contributed by atoms with Crippen molar-refractivity contribution in [2.45, 2.75) is 27.7 Å². The molecule has 2 aromatic rings. The van der Waals surface area contributed by atoms with E-state index in [0.29, 0.717) is 23.8 Å². The normalized spacial score (nSPS) is 10.3. The first-order chi connectivity index (χ1) is 10.0. The summed E-state index contributed by atoms with van der Waals surface area (Å²) in [4.78, 5) is 16.5. The van der Waals surface area contributed by atoms with E-state index in [1.54, 1.807) is 18.3 Å². The molecule has 1 aromatic carbocycles. The molecule has 21 heavy (non-hydrogen) atoms. The van der Waals surface area contributed by atoms with Crippen molar-refractivity contribution in [1.29, 1.82) is 0 Å². The summed E-state index contributed by atoms with van der Waals surface area (Å²) in [5, 5.41) is 0. The number of benzene rings is 1. The van der Waals surface area contributed by atoms with Crippen LogP contribution in [0, 0.1) is 20.8 Å². The molecular weight excluding hydrogens is 266 g/mol. The van der Waals surface area contributed by atoms with E-state index in [2.05, 4.69) is 4.98 Å². The number of hydrogen-bond donors (Lipinski definition) is 0. The van der Waals surface area contributed by atoms with Crippen LogP contribution in [0.3, 0.4) is 0 Å². The largest absolute Gasteiger partial charge is 0.477 e. The maximum absolute atomic E-state index is 12.4. The maximum Gasteiger partial charge on any atom is 0.349 e. The zero-order chi connectivity index (χ0) is 15.4. The zero-order valence-electron chi connectivity index (χ0n) is 12.8. The molecule has 1 aromatic heterocycles. The second kappa shape index (κ2) is 6.39. The third-order valence-corrected chi connectivity index (χ3v) is 3.34. The number of carbonyl (C=O) groups is 1. The van der Waals surface area contributed by atoms with Crippen molar-refractivity contribution in [2.24, 2.45) is 0 Å². The Morgan fingerprint density at radius 3 is 2.57 bits per heavy atom. The van der Waals surface area contributed by atoms with Crippen LogP contribution in [0.4, 0.5) is 0 Å². The average Bonchev–Trinajstić information content (AvgIpc) is 2.48. The Morgan fingerprint density at radius 1 is 1.14 bits per heavy atom. The van der Waals surface area contributed by atoms with E-state index >= 15 is 0 Å². The first-order valence-electron chi connectivity index (χ1n) is 6.91. The first kappa shape index (κ1) is 15.0. The monoisotopic (exact) mass is 285 g/mol. The fourth-order valence-corrected chi connectivity index (χ4v) is 2.03. The molecule has 0 bridgehead atoms. The summed E-state index contributed by atoms with van der Waals surface area (Å²) < 4.78 is 10.9. The maximum atomic E-state index is 12.4. The minimum absolute atomic E-state index is 0.299. The van der Waals surface area contributed by atoms with Crippen LogP contribution in [0.1, 0.15) is 34.0 Å². The summed E-state index contributed by atoms with van der Waals surface area (Å²) in [5.41, 5.74) is 3.30. The van der Waals surface area contributed by atoms with Crippen LogP contribution in [-0.2, 0) is 0 Å². The van der Waals surface area contributed by atoms with E-state index in [9.17, 15) is 4.79 Å². The van der Waals surface area contributed by atoms with Gasteiger partial charge in [0, 0.05) is 6.20 Å². The van der Waals surface area contributed by atoms with Gasteiger partial charge in [-0.2, -0.15) is 0 Å². The van der Waals surface area contributed by atoms with Crippen molar-refractivity contribution in [3.8, 4) is 11.6 Å². The number of nitrogens with zero attached hydrogens (tertiary/aromatic N) is 1. The number of aryl methyl sites for hydroxylation is 2. The van der Waals surface area contributed by atoms with Crippen molar-refractivity contribution in [3.63, 3.8) is 0 Å². The van der Waals surface area contributed by atoms with Gasteiger partial charge >= 0.3 is 5.97 Å². The highest BCUT2D eigenvalue weighted by Crippen LogP contribution is 2.27. The number of aromatic nitrogens is 1. The quantitative estimate of drug-likeness (QED) is 0.636. The predicted octanol–water partition coefficient (Wildman–Crippen LogP) is 3.62. The summed E-state index contributed by atoms with van der Waals surface area (Å²) in [7, 11) is 0. The van der Waals surface area contributed by atoms with Crippen molar-refractivity contribution in [2.75, 3.05) is 6.61 Å². The molecular formula is C17H19NO3. The number of carbonyl (C=O) groups excluding carboxylic acids is 1. The molecule has 4 nitrogen and oxygen atoms in total. The molecule has 0 saturated heterocycles. The molecule has 0 fully saturated rings. The van der Waals surface area contributed by atoms with Crippen LogP contribution in [0.2, 0.25) is 0 Å². The SMILES string of the molecule is CCOc1ncccc1C(=O)Oc1c(C)ccc(C)c1C. The smallest absolute Gasteiger partial charge is 0.349 e. The lowest BCUT2D eigenvalue weighted by Crippen LogP contribution is -2.13. The lowest BCUT2D eigenvalue weighted by molar-refractivity contribution is 0.0727. The lowest BCUT2D eigenvalue weighted by Gasteiger charge is -2.13. The number of ether oxygens (including phenoxy) is 2. The molecule has 0 spiro atoms. The third kappa shape index (κ3) is 3.21. The highest BCUT2D eigenvalue weighted by atomic mass is 16.5. The predicted molar refractivity (Wildman–Crippen MR) is 81.0 cm³/mol. The van der Waals surface area contributed by atoms with Gasteiger partial charge in [0.1, 0.15) is 11.3 Å². The molecule has 0 N–H and O–H groups in total. The van der Waals surface area contributed by atoms with E-state index in [4.69, 9.17) is 9.47 Å². The third-order valence-electron chi connectivity index (χ3n) is 3.34. The average molecular weight is 285 g/mol. The summed E-state index contributed by atoms with van der Waals surface area (Å²) in [6.07, 6.45) is 1.59. The van der Waals surface area contributed by atoms with Crippen LogP contribution in [-0.4, -0.2) is 17.6 Å². The summed E-state index contributed by atoms with van der Waals surface area (Å²) in [6, 6.07) is 7.30. The van der Waals surface area contributed by atoms with Crippen molar-refractivity contribution < 1.29 is 14.3 Å². The Bertz CT molecular complexity index is 665. The van der Waals surface area contributed by atoms with E-state index < -0.39 is 5.97 Å². The van der Waals surface area contributed by atoms with Crippen molar-refractivity contribution >= 4 is 5.97 Å². The van der Waals surface area contributed by atoms with Gasteiger partial charge in [-0.05, 0) is 56.5 Å². The van der Waals surface area contributed by atoms with Gasteiger partial charge in [-0.25, -0.2) is 9.78 Å². The minimum atomic E-state index is -0.455. The van der Waals surface area contributed by atoms with Crippen LogP contribution in [0.5, 0.6) is 11.6 Å². The number of rotatable bonds is 4. The first-order valence-corrected chi connectivity index (χ1v) is 6.91. The van der Waals surface area contributed by atoms with Gasteiger partial charge in [-0.3, -0.25) is 0 Å². The van der Waals surface area contributed by atoms with Crippen LogP contribution < -0.4 is 9.47 Å². The second-order valence-electron chi connectivity index (χ2n) is 4.83. The second-order valence-corrected chi connectivity index (χ2v) is 4.83. The van der Waals surface area contributed by atoms with E-state index in [1.165, 1.54) is 0 Å². The molecule has 110 valence electrons. The van der Waals surface area contributed by atoms with Crippen LogP contribution >= 0.6 is 0 Å². The van der Waals surface area contributed by atoms with Crippen molar-refractivity contribution in [1.82, 2.24) is 4.98 Å². The van der Waals surface area contributed by atoms with E-state index in [1.807, 2.05) is 39.8 Å². The van der Waals surface area contributed by atoms with Gasteiger partial charge in [0.05, 0.1) is 6.61 Å². The van der Waals surface area contributed by atoms with Crippen LogP contribution in [0.15, 0.2) is 30.5 Å². The van der Waals surface area contributed by atoms with Crippen LogP contribution in [0.25, 0.3) is 0 Å². The van der Waals surface area contributed by atoms with E-state index in [0.717, 1.165) is 16.7 Å². The summed E-state index contributed by atoms with van der Waals surface area (Å²) >= 11 is 0. The molecule has 0 aliphatic heterocycles. The highest BCUT2D eigenvalue weighted by Gasteiger charge is 2.18. The Hall–Kier alpha value is -2.36. The topological polar surface area (TPSA) is 48.4 Å². The number of esters is 1. The Morgan fingerprint density at radius 2 is 1.86 bits per heavy atom. The molecule has 0 amide bonds. The molecule has 0 saturated carbocycles. The molecule has 0 aliphatic carbocycles. The molecule has 0 aliphatic rings. The minimum Gasteiger partial charge on any atom is -0.477 e. The number of pyridine rings is 1. The summed E-state index contributed by atoms with van der Waals surface area (Å²) in [6.45, 7) is 8.14. The zero-order valence-corrected chi connectivity index (χ0v) is 12.8. The standard InChI is InChI=1S/C17H19NO3/c1-5-20-16-14(7-6-10-18-16)17(19)21-15-12(3)9-8-11(2)13(15)4/h6-10H,5H2,1-4H3. The Kier molecular flexibility index (Phi) is 4.58. The fourth-order valence-electron chi connectivity index (χ4n) is 2.03. The van der Waals surface area contributed by atoms with Gasteiger partial charge in [-0.15, -0.1) is 0 Å². The molecule has 0 radical (unpaired) electrons. The van der Waals surface area contributed by atoms with E-state index in [-0.39, 0.29) is 0 Å². The van der Waals surface area contributed by atoms with Gasteiger partial charge in [0.25, 0.3) is 0 Å². The molecule has 4 heteroatoms. The Balaban J connectivity index is 2.33. The lowest BCUT2D eigenvalue weighted by atomic mass is 10.1. The molecule has 1 heterocycles. The molecule has 0 unspecified atom stereocenters. The highest BCUT2D eigenvalue weighted by molar-refractivity contribution is 5.93. The van der Waals surface area contributed by atoms with Gasteiger partial charge < -0.3 is 9.47 Å². The van der Waals surface area contributed by atoms with Crippen molar-refractivity contribution in [3.05, 3.63) is 52.7 Å². The Labute approximate surface area is 124 Å². The van der Waals surface area contributed by atoms with Gasteiger partial charge in [-0.1, -0.05) is 12.1 Å². The summed E-state index contributed by atoms with van der Waals surface area (Å²) in [5.74, 6) is 0.447. The molecule has 0 atom stereocenters. The van der Waals surface area contributed by atoms with Gasteiger partial charge in [0.15, 0.2) is 0 Å². The number of hydrogen-bond acceptors (Lipinski definition) is 4.